The molecule has 0 atom stereocenters. The molecule has 0 radical (unpaired) electrons. The van der Waals surface area contributed by atoms with E-state index in [0.717, 1.165) is 0 Å². The van der Waals surface area contributed by atoms with E-state index in [1.165, 1.54) is 18.4 Å². The highest BCUT2D eigenvalue weighted by atomic mass is 16.5. The van der Waals surface area contributed by atoms with Crippen molar-refractivity contribution >= 4 is 16.9 Å². The van der Waals surface area contributed by atoms with E-state index in [4.69, 9.17) is 19.3 Å². The van der Waals surface area contributed by atoms with Gasteiger partial charge >= 0.3 is 0 Å². The molecule has 6 nitrogen and oxygen atoms in total. The maximum atomic E-state index is 12.1. The third-order valence-electron chi connectivity index (χ3n) is 2.84. The Morgan fingerprint density at radius 3 is 2.76 bits per heavy atom. The molecule has 21 heavy (non-hydrogen) atoms. The van der Waals surface area contributed by atoms with Gasteiger partial charge in [-0.2, -0.15) is 0 Å². The van der Waals surface area contributed by atoms with Crippen molar-refractivity contribution in [3.63, 3.8) is 0 Å². The average molecular weight is 285 g/mol. The van der Waals surface area contributed by atoms with Gasteiger partial charge in [-0.05, 0) is 30.3 Å². The fraction of sp³-hybridized carbons (Fsp3) is 0.0667. The minimum atomic E-state index is -0.588. The second kappa shape index (κ2) is 5.16. The average Bonchev–Trinajstić information content (AvgIpc) is 2.99. The highest BCUT2D eigenvalue weighted by Crippen LogP contribution is 2.24. The van der Waals surface area contributed by atoms with E-state index in [1.807, 2.05) is 0 Å². The number of furan rings is 1. The van der Waals surface area contributed by atoms with Crippen molar-refractivity contribution in [2.75, 3.05) is 6.61 Å². The van der Waals surface area contributed by atoms with E-state index in [1.54, 1.807) is 24.3 Å². The third kappa shape index (κ3) is 2.64. The van der Waals surface area contributed by atoms with E-state index < -0.39 is 5.91 Å². The number of nitrogens with two attached hydrogens (primary N) is 1. The van der Waals surface area contributed by atoms with Crippen molar-refractivity contribution in [1.29, 1.82) is 0 Å². The summed E-state index contributed by atoms with van der Waals surface area (Å²) in [6.07, 6.45) is 1.50. The minimum absolute atomic E-state index is 0.229. The predicted molar refractivity (Wildman–Crippen MR) is 74.9 cm³/mol. The van der Waals surface area contributed by atoms with Gasteiger partial charge in [0.25, 0.3) is 5.91 Å². The van der Waals surface area contributed by atoms with Crippen molar-refractivity contribution in [1.82, 2.24) is 0 Å². The molecule has 0 saturated carbocycles. The second-order valence-corrected chi connectivity index (χ2v) is 4.37. The minimum Gasteiger partial charge on any atom is -0.484 e. The van der Waals surface area contributed by atoms with Gasteiger partial charge in [0.2, 0.25) is 0 Å². The number of amides is 1. The molecule has 106 valence electrons. The standard InChI is InChI=1S/C15H11NO5/c16-15(18)8-20-9-3-4-12-10(6-9)11(17)7-14(21-12)13-2-1-5-19-13/h1-7H,8H2,(H2,16,18). The predicted octanol–water partition coefficient (Wildman–Crippen LogP) is 1.92. The highest BCUT2D eigenvalue weighted by molar-refractivity contribution is 5.80. The Labute approximate surface area is 118 Å². The number of primary amides is 1. The Kier molecular flexibility index (Phi) is 3.19. The topological polar surface area (TPSA) is 95.7 Å². The number of benzene rings is 1. The Balaban J connectivity index is 2.03. The van der Waals surface area contributed by atoms with Crippen molar-refractivity contribution in [2.45, 2.75) is 0 Å². The number of carbonyl (C=O) groups excluding carboxylic acids is 1. The molecule has 1 amide bonds. The van der Waals surface area contributed by atoms with Crippen LogP contribution in [0.15, 0.2) is 56.3 Å². The van der Waals surface area contributed by atoms with Gasteiger partial charge in [0, 0.05) is 6.07 Å². The molecule has 2 heterocycles. The smallest absolute Gasteiger partial charge is 0.255 e. The van der Waals surface area contributed by atoms with E-state index in [0.29, 0.717) is 28.2 Å². The molecule has 0 aliphatic carbocycles. The zero-order chi connectivity index (χ0) is 14.8. The largest absolute Gasteiger partial charge is 0.484 e. The fourth-order valence-electron chi connectivity index (χ4n) is 1.92. The lowest BCUT2D eigenvalue weighted by molar-refractivity contribution is -0.119. The lowest BCUT2D eigenvalue weighted by Crippen LogP contribution is -2.20. The molecule has 0 unspecified atom stereocenters. The molecule has 3 aromatic rings. The molecule has 1 aromatic carbocycles. The van der Waals surface area contributed by atoms with Crippen LogP contribution in [0.25, 0.3) is 22.5 Å². The molecule has 0 fully saturated rings. The molecule has 0 saturated heterocycles. The number of carbonyl (C=O) groups is 1. The van der Waals surface area contributed by atoms with Crippen LogP contribution in [0.2, 0.25) is 0 Å². The van der Waals surface area contributed by atoms with E-state index >= 15 is 0 Å². The van der Waals surface area contributed by atoms with Gasteiger partial charge in [-0.1, -0.05) is 0 Å². The van der Waals surface area contributed by atoms with Crippen LogP contribution in [-0.4, -0.2) is 12.5 Å². The molecule has 2 aromatic heterocycles. The first-order valence-corrected chi connectivity index (χ1v) is 6.16. The molecule has 6 heteroatoms. The molecule has 0 aliphatic rings. The Morgan fingerprint density at radius 1 is 1.19 bits per heavy atom. The second-order valence-electron chi connectivity index (χ2n) is 4.37. The van der Waals surface area contributed by atoms with Crippen LogP contribution in [0.1, 0.15) is 0 Å². The van der Waals surface area contributed by atoms with Gasteiger partial charge < -0.3 is 19.3 Å². The summed E-state index contributed by atoms with van der Waals surface area (Å²) in [7, 11) is 0. The molecular formula is C15H11NO5. The first-order valence-electron chi connectivity index (χ1n) is 6.16. The van der Waals surface area contributed by atoms with Crippen LogP contribution in [0.5, 0.6) is 5.75 Å². The fourth-order valence-corrected chi connectivity index (χ4v) is 1.92. The van der Waals surface area contributed by atoms with Crippen LogP contribution in [0.3, 0.4) is 0 Å². The lowest BCUT2D eigenvalue weighted by atomic mass is 10.2. The summed E-state index contributed by atoms with van der Waals surface area (Å²) in [5, 5.41) is 0.354. The van der Waals surface area contributed by atoms with Gasteiger partial charge in [-0.3, -0.25) is 9.59 Å². The van der Waals surface area contributed by atoms with Crippen LogP contribution in [0, 0.1) is 0 Å². The normalized spacial score (nSPS) is 10.7. The summed E-state index contributed by atoms with van der Waals surface area (Å²) in [4.78, 5) is 22.8. The monoisotopic (exact) mass is 285 g/mol. The third-order valence-corrected chi connectivity index (χ3v) is 2.84. The molecule has 0 spiro atoms. The van der Waals surface area contributed by atoms with Gasteiger partial charge in [0.15, 0.2) is 23.6 Å². The molecule has 3 rings (SSSR count). The number of fused-ring (bicyclic) bond motifs is 1. The highest BCUT2D eigenvalue weighted by Gasteiger charge is 2.10. The summed E-state index contributed by atoms with van der Waals surface area (Å²) in [5.41, 5.74) is 5.18. The first-order chi connectivity index (χ1) is 10.1. The number of ether oxygens (including phenoxy) is 1. The zero-order valence-electron chi connectivity index (χ0n) is 10.9. The maximum absolute atomic E-state index is 12.1. The van der Waals surface area contributed by atoms with Gasteiger partial charge in [-0.25, -0.2) is 0 Å². The van der Waals surface area contributed by atoms with Crippen LogP contribution >= 0.6 is 0 Å². The van der Waals surface area contributed by atoms with Crippen molar-refractivity contribution < 1.29 is 18.4 Å². The molecule has 2 N–H and O–H groups in total. The zero-order valence-corrected chi connectivity index (χ0v) is 10.9. The van der Waals surface area contributed by atoms with E-state index in [9.17, 15) is 9.59 Å². The summed E-state index contributed by atoms with van der Waals surface area (Å²) in [6.45, 7) is -0.249. The quantitative estimate of drug-likeness (QED) is 0.790. The summed E-state index contributed by atoms with van der Waals surface area (Å²) in [5.74, 6) is 0.612. The van der Waals surface area contributed by atoms with Crippen LogP contribution in [-0.2, 0) is 4.79 Å². The van der Waals surface area contributed by atoms with Crippen LogP contribution in [0.4, 0.5) is 0 Å². The van der Waals surface area contributed by atoms with Gasteiger partial charge in [0.05, 0.1) is 11.6 Å². The van der Waals surface area contributed by atoms with Crippen molar-refractivity contribution in [2.24, 2.45) is 5.73 Å². The van der Waals surface area contributed by atoms with Crippen molar-refractivity contribution in [3.8, 4) is 17.3 Å². The van der Waals surface area contributed by atoms with Gasteiger partial charge in [-0.15, -0.1) is 0 Å². The summed E-state index contributed by atoms with van der Waals surface area (Å²) >= 11 is 0. The summed E-state index contributed by atoms with van der Waals surface area (Å²) in [6, 6.07) is 9.46. The van der Waals surface area contributed by atoms with Crippen LogP contribution < -0.4 is 15.9 Å². The number of hydrogen-bond acceptors (Lipinski definition) is 5. The van der Waals surface area contributed by atoms with Gasteiger partial charge in [0.1, 0.15) is 11.3 Å². The number of hydrogen-bond donors (Lipinski definition) is 1. The van der Waals surface area contributed by atoms with E-state index in [2.05, 4.69) is 0 Å². The maximum Gasteiger partial charge on any atom is 0.255 e. The SMILES string of the molecule is NC(=O)COc1ccc2oc(-c3ccco3)cc(=O)c2c1. The van der Waals surface area contributed by atoms with E-state index in [-0.39, 0.29) is 12.0 Å². The van der Waals surface area contributed by atoms with Crippen molar-refractivity contribution in [3.05, 3.63) is 52.9 Å². The molecular weight excluding hydrogens is 274 g/mol. The summed E-state index contributed by atoms with van der Waals surface area (Å²) < 4.78 is 16.0. The first kappa shape index (κ1) is 13.0. The Morgan fingerprint density at radius 2 is 2.05 bits per heavy atom. The number of rotatable bonds is 4. The molecule has 0 bridgehead atoms. The molecule has 0 aliphatic heterocycles. The Bertz CT molecular complexity index is 848. The Hall–Kier alpha value is -3.02. The lowest BCUT2D eigenvalue weighted by Gasteiger charge is -2.05.